The van der Waals surface area contributed by atoms with Crippen LogP contribution in [0.25, 0.3) is 5.69 Å². The molecule has 0 saturated carbocycles. The molecule has 1 fully saturated rings. The molecule has 0 spiro atoms. The molecule has 0 N–H and O–H groups in total. The van der Waals surface area contributed by atoms with Gasteiger partial charge in [0.2, 0.25) is 0 Å². The Bertz CT molecular complexity index is 1120. The maximum absolute atomic E-state index is 13.8. The number of nitrogens with zero attached hydrogens (tertiary/aromatic N) is 4. The zero-order valence-electron chi connectivity index (χ0n) is 16.5. The van der Waals surface area contributed by atoms with Crippen molar-refractivity contribution in [1.82, 2.24) is 19.9 Å². The van der Waals surface area contributed by atoms with Crippen LogP contribution in [0.15, 0.2) is 48.7 Å². The molecule has 2 aromatic carbocycles. The van der Waals surface area contributed by atoms with E-state index in [4.69, 9.17) is 4.74 Å². The Morgan fingerprint density at radius 1 is 1.06 bits per heavy atom. The summed E-state index contributed by atoms with van der Waals surface area (Å²) in [4.78, 5) is 14.2. The molecule has 32 heavy (non-hydrogen) atoms. The number of para-hydroxylation sites is 1. The van der Waals surface area contributed by atoms with Crippen molar-refractivity contribution in [1.29, 1.82) is 0 Å². The van der Waals surface area contributed by atoms with E-state index in [-0.39, 0.29) is 36.3 Å². The summed E-state index contributed by atoms with van der Waals surface area (Å²) < 4.78 is 73.0. The second-order valence-corrected chi connectivity index (χ2v) is 7.25. The summed E-state index contributed by atoms with van der Waals surface area (Å²) in [6, 6.07) is 7.89. The first-order valence-corrected chi connectivity index (χ1v) is 9.72. The minimum absolute atomic E-state index is 0.0672. The van der Waals surface area contributed by atoms with Crippen LogP contribution in [0.3, 0.4) is 0 Å². The molecule has 0 aliphatic carbocycles. The number of halogens is 5. The highest BCUT2D eigenvalue weighted by Gasteiger charge is 2.34. The van der Waals surface area contributed by atoms with Gasteiger partial charge in [0, 0.05) is 32.0 Å². The van der Waals surface area contributed by atoms with Crippen LogP contribution in [-0.4, -0.2) is 45.0 Å². The fourth-order valence-corrected chi connectivity index (χ4v) is 3.48. The van der Waals surface area contributed by atoms with Crippen LogP contribution in [0.5, 0.6) is 5.75 Å². The van der Waals surface area contributed by atoms with E-state index in [9.17, 15) is 26.7 Å². The Balaban J connectivity index is 1.41. The van der Waals surface area contributed by atoms with Crippen molar-refractivity contribution >= 4 is 5.91 Å². The fourth-order valence-electron chi connectivity index (χ4n) is 3.48. The van der Waals surface area contributed by atoms with E-state index in [0.717, 1.165) is 29.1 Å². The van der Waals surface area contributed by atoms with Crippen molar-refractivity contribution in [3.05, 3.63) is 71.6 Å². The topological polar surface area (TPSA) is 60.2 Å². The van der Waals surface area contributed by atoms with Gasteiger partial charge in [0.25, 0.3) is 5.91 Å². The number of piperidine rings is 1. The standard InChI is InChI=1S/C21H17F5N4O2/c22-13-5-6-19(16(23)11-13)32-14-7-9-29(10-8-14)20(31)17-12-30(28-27-17)18-4-2-1-3-15(18)21(24,25)26/h1-6,11-12,14H,7-10H2. The van der Waals surface area contributed by atoms with Crippen molar-refractivity contribution in [3.63, 3.8) is 0 Å². The molecule has 11 heteroatoms. The minimum atomic E-state index is -4.58. The molecule has 0 bridgehead atoms. The van der Waals surface area contributed by atoms with E-state index in [2.05, 4.69) is 10.3 Å². The van der Waals surface area contributed by atoms with Crippen LogP contribution in [-0.2, 0) is 6.18 Å². The molecule has 168 valence electrons. The fraction of sp³-hybridized carbons (Fsp3) is 0.286. The second-order valence-electron chi connectivity index (χ2n) is 7.25. The molecule has 3 aromatic rings. The number of alkyl halides is 3. The lowest BCUT2D eigenvalue weighted by molar-refractivity contribution is -0.137. The normalized spacial score (nSPS) is 15.1. The summed E-state index contributed by atoms with van der Waals surface area (Å²) in [6.07, 6.45) is -3.00. The molecule has 1 aliphatic heterocycles. The monoisotopic (exact) mass is 452 g/mol. The van der Waals surface area contributed by atoms with Crippen LogP contribution in [0.2, 0.25) is 0 Å². The predicted molar refractivity (Wildman–Crippen MR) is 102 cm³/mol. The second kappa shape index (κ2) is 8.56. The predicted octanol–water partition coefficient (Wildman–Crippen LogP) is 4.25. The van der Waals surface area contributed by atoms with Gasteiger partial charge in [-0.25, -0.2) is 13.5 Å². The maximum atomic E-state index is 13.8. The summed E-state index contributed by atoms with van der Waals surface area (Å²) in [5.41, 5.74) is -1.22. The van der Waals surface area contributed by atoms with E-state index in [1.165, 1.54) is 29.2 Å². The van der Waals surface area contributed by atoms with E-state index < -0.39 is 29.3 Å². The van der Waals surface area contributed by atoms with Gasteiger partial charge in [-0.1, -0.05) is 17.3 Å². The van der Waals surface area contributed by atoms with Gasteiger partial charge >= 0.3 is 6.18 Å². The molecular weight excluding hydrogens is 435 g/mol. The van der Waals surface area contributed by atoms with Crippen LogP contribution in [0.1, 0.15) is 28.9 Å². The number of carbonyl (C=O) groups is 1. The lowest BCUT2D eigenvalue weighted by atomic mass is 10.1. The summed E-state index contributed by atoms with van der Waals surface area (Å²) in [6.45, 7) is 0.552. The van der Waals surface area contributed by atoms with Crippen molar-refractivity contribution in [2.75, 3.05) is 13.1 Å². The molecule has 0 unspecified atom stereocenters. The van der Waals surface area contributed by atoms with Crippen LogP contribution >= 0.6 is 0 Å². The molecule has 4 rings (SSSR count). The van der Waals surface area contributed by atoms with E-state index >= 15 is 0 Å². The molecular formula is C21H17F5N4O2. The average Bonchev–Trinajstić information content (AvgIpc) is 3.25. The number of hydrogen-bond acceptors (Lipinski definition) is 4. The number of likely N-dealkylation sites (tertiary alicyclic amines) is 1. The largest absolute Gasteiger partial charge is 0.487 e. The van der Waals surface area contributed by atoms with E-state index in [1.807, 2.05) is 0 Å². The zero-order valence-corrected chi connectivity index (χ0v) is 16.5. The SMILES string of the molecule is O=C(c1cn(-c2ccccc2C(F)(F)F)nn1)N1CCC(Oc2ccc(F)cc2F)CC1. The molecule has 1 amide bonds. The minimum Gasteiger partial charge on any atom is -0.487 e. The van der Waals surface area contributed by atoms with Gasteiger partial charge in [-0.2, -0.15) is 13.2 Å². The Hall–Kier alpha value is -3.50. The number of amides is 1. The van der Waals surface area contributed by atoms with Gasteiger partial charge in [-0.15, -0.1) is 5.10 Å². The van der Waals surface area contributed by atoms with Crippen molar-refractivity contribution < 1.29 is 31.5 Å². The first-order chi connectivity index (χ1) is 15.2. The summed E-state index contributed by atoms with van der Waals surface area (Å²) in [5, 5.41) is 7.42. The summed E-state index contributed by atoms with van der Waals surface area (Å²) in [5.74, 6) is -2.06. The average molecular weight is 452 g/mol. The van der Waals surface area contributed by atoms with Gasteiger partial charge in [-0.3, -0.25) is 4.79 Å². The highest BCUT2D eigenvalue weighted by molar-refractivity contribution is 5.92. The van der Waals surface area contributed by atoms with Crippen molar-refractivity contribution in [2.24, 2.45) is 0 Å². The molecule has 2 heterocycles. The first kappa shape index (κ1) is 21.7. The number of benzene rings is 2. The number of rotatable bonds is 4. The summed E-state index contributed by atoms with van der Waals surface area (Å²) in [7, 11) is 0. The first-order valence-electron chi connectivity index (χ1n) is 9.72. The highest BCUT2D eigenvalue weighted by Crippen LogP contribution is 2.33. The molecule has 1 saturated heterocycles. The Morgan fingerprint density at radius 2 is 1.78 bits per heavy atom. The van der Waals surface area contributed by atoms with Gasteiger partial charge in [-0.05, 0) is 24.3 Å². The highest BCUT2D eigenvalue weighted by atomic mass is 19.4. The maximum Gasteiger partial charge on any atom is 0.418 e. The molecule has 0 radical (unpaired) electrons. The Kier molecular flexibility index (Phi) is 5.81. The lowest BCUT2D eigenvalue weighted by Crippen LogP contribution is -2.42. The van der Waals surface area contributed by atoms with Crippen LogP contribution in [0, 0.1) is 11.6 Å². The van der Waals surface area contributed by atoms with E-state index in [0.29, 0.717) is 12.8 Å². The van der Waals surface area contributed by atoms with Gasteiger partial charge in [0.05, 0.1) is 17.4 Å². The number of hydrogen-bond donors (Lipinski definition) is 0. The third-order valence-electron chi connectivity index (χ3n) is 5.09. The third kappa shape index (κ3) is 4.56. The quantitative estimate of drug-likeness (QED) is 0.556. The molecule has 1 aliphatic rings. The molecule has 6 nitrogen and oxygen atoms in total. The zero-order chi connectivity index (χ0) is 22.9. The van der Waals surface area contributed by atoms with Crippen LogP contribution in [0.4, 0.5) is 22.0 Å². The smallest absolute Gasteiger partial charge is 0.418 e. The Labute approximate surface area is 179 Å². The van der Waals surface area contributed by atoms with Gasteiger partial charge in [0.1, 0.15) is 11.9 Å². The van der Waals surface area contributed by atoms with Gasteiger partial charge < -0.3 is 9.64 Å². The van der Waals surface area contributed by atoms with Crippen LogP contribution < -0.4 is 4.74 Å². The molecule has 0 atom stereocenters. The number of ether oxygens (including phenoxy) is 1. The van der Waals surface area contributed by atoms with Crippen molar-refractivity contribution in [2.45, 2.75) is 25.1 Å². The Morgan fingerprint density at radius 3 is 2.47 bits per heavy atom. The lowest BCUT2D eigenvalue weighted by Gasteiger charge is -2.31. The molecule has 1 aromatic heterocycles. The third-order valence-corrected chi connectivity index (χ3v) is 5.09. The van der Waals surface area contributed by atoms with E-state index in [1.54, 1.807) is 0 Å². The van der Waals surface area contributed by atoms with Crippen molar-refractivity contribution in [3.8, 4) is 11.4 Å². The van der Waals surface area contributed by atoms with Gasteiger partial charge in [0.15, 0.2) is 17.3 Å². The number of aromatic nitrogens is 3. The number of carbonyl (C=O) groups excluding carboxylic acids is 1. The summed E-state index contributed by atoms with van der Waals surface area (Å²) >= 11 is 0.